The average Bonchev–Trinajstić information content (AvgIpc) is 2.89. The molecule has 0 aliphatic carbocycles. The van der Waals surface area contributed by atoms with Crippen molar-refractivity contribution in [2.24, 2.45) is 0 Å². The molecule has 2 aromatic rings. The SMILES string of the molecule is Cc1cc(CNC(=O)c2ccc(C#CCO)c(F)c2)no1. The summed E-state index contributed by atoms with van der Waals surface area (Å²) >= 11 is 0. The number of nitrogens with one attached hydrogen (secondary N) is 1. The molecule has 0 aliphatic rings. The van der Waals surface area contributed by atoms with Crippen molar-refractivity contribution in [2.75, 3.05) is 6.61 Å². The van der Waals surface area contributed by atoms with Crippen LogP contribution < -0.4 is 5.32 Å². The molecule has 108 valence electrons. The number of aliphatic hydroxyl groups is 1. The van der Waals surface area contributed by atoms with E-state index in [1.54, 1.807) is 13.0 Å². The quantitative estimate of drug-likeness (QED) is 0.837. The van der Waals surface area contributed by atoms with Crippen LogP contribution in [0.25, 0.3) is 0 Å². The third-order valence-electron chi connectivity index (χ3n) is 2.64. The minimum atomic E-state index is -0.610. The Morgan fingerprint density at radius 1 is 1.48 bits per heavy atom. The lowest BCUT2D eigenvalue weighted by Crippen LogP contribution is -2.23. The molecule has 0 unspecified atom stereocenters. The standard InChI is InChI=1S/C15H13FN2O3/c1-10-7-13(18-21-10)9-17-15(20)12-5-4-11(3-2-6-19)14(16)8-12/h4-5,7-8,19H,6,9H2,1H3,(H,17,20). The zero-order valence-electron chi connectivity index (χ0n) is 11.3. The Balaban J connectivity index is 2.04. The molecule has 2 N–H and O–H groups in total. The van der Waals surface area contributed by atoms with E-state index in [0.29, 0.717) is 11.5 Å². The topological polar surface area (TPSA) is 75.4 Å². The van der Waals surface area contributed by atoms with Gasteiger partial charge in [-0.05, 0) is 25.1 Å². The van der Waals surface area contributed by atoms with Crippen molar-refractivity contribution in [3.8, 4) is 11.8 Å². The van der Waals surface area contributed by atoms with Gasteiger partial charge in [-0.15, -0.1) is 0 Å². The van der Waals surface area contributed by atoms with Crippen LogP contribution in [0.4, 0.5) is 4.39 Å². The fraction of sp³-hybridized carbons (Fsp3) is 0.200. The van der Waals surface area contributed by atoms with E-state index in [1.807, 2.05) is 0 Å². The monoisotopic (exact) mass is 288 g/mol. The van der Waals surface area contributed by atoms with Crippen molar-refractivity contribution in [1.82, 2.24) is 10.5 Å². The van der Waals surface area contributed by atoms with Crippen LogP contribution in [0.2, 0.25) is 0 Å². The Morgan fingerprint density at radius 2 is 2.29 bits per heavy atom. The van der Waals surface area contributed by atoms with Crippen molar-refractivity contribution < 1.29 is 18.8 Å². The summed E-state index contributed by atoms with van der Waals surface area (Å²) in [6.45, 7) is 1.60. The van der Waals surface area contributed by atoms with Crippen LogP contribution in [0.5, 0.6) is 0 Å². The van der Waals surface area contributed by atoms with Gasteiger partial charge in [-0.2, -0.15) is 0 Å². The summed E-state index contributed by atoms with van der Waals surface area (Å²) in [5.74, 6) is 4.43. The number of hydrogen-bond donors (Lipinski definition) is 2. The summed E-state index contributed by atoms with van der Waals surface area (Å²) in [5.41, 5.74) is 0.904. The highest BCUT2D eigenvalue weighted by Gasteiger charge is 2.09. The second kappa shape index (κ2) is 6.68. The van der Waals surface area contributed by atoms with Gasteiger partial charge in [0.25, 0.3) is 5.91 Å². The smallest absolute Gasteiger partial charge is 0.251 e. The van der Waals surface area contributed by atoms with Gasteiger partial charge >= 0.3 is 0 Å². The van der Waals surface area contributed by atoms with E-state index in [2.05, 4.69) is 22.3 Å². The molecule has 0 atom stereocenters. The number of nitrogens with zero attached hydrogens (tertiary/aromatic N) is 1. The number of rotatable bonds is 3. The highest BCUT2D eigenvalue weighted by atomic mass is 19.1. The van der Waals surface area contributed by atoms with E-state index in [1.165, 1.54) is 12.1 Å². The van der Waals surface area contributed by atoms with E-state index < -0.39 is 11.7 Å². The van der Waals surface area contributed by atoms with Crippen molar-refractivity contribution in [2.45, 2.75) is 13.5 Å². The second-order valence-corrected chi connectivity index (χ2v) is 4.27. The molecule has 0 spiro atoms. The fourth-order valence-electron chi connectivity index (χ4n) is 1.67. The van der Waals surface area contributed by atoms with Gasteiger partial charge < -0.3 is 14.9 Å². The van der Waals surface area contributed by atoms with Crippen molar-refractivity contribution in [1.29, 1.82) is 0 Å². The van der Waals surface area contributed by atoms with Crippen LogP contribution in [0, 0.1) is 24.6 Å². The molecule has 0 aliphatic heterocycles. The minimum Gasteiger partial charge on any atom is -0.384 e. The van der Waals surface area contributed by atoms with Crippen LogP contribution >= 0.6 is 0 Å². The normalized spacial score (nSPS) is 9.86. The highest BCUT2D eigenvalue weighted by Crippen LogP contribution is 2.10. The predicted molar refractivity (Wildman–Crippen MR) is 72.8 cm³/mol. The van der Waals surface area contributed by atoms with E-state index in [-0.39, 0.29) is 24.3 Å². The van der Waals surface area contributed by atoms with Gasteiger partial charge in [-0.3, -0.25) is 4.79 Å². The molecule has 0 saturated carbocycles. The minimum absolute atomic E-state index is 0.132. The predicted octanol–water partition coefficient (Wildman–Crippen LogP) is 1.40. The number of halogens is 1. The number of hydrogen-bond acceptors (Lipinski definition) is 4. The molecule has 0 fully saturated rings. The summed E-state index contributed by atoms with van der Waals surface area (Å²) in [7, 11) is 0. The van der Waals surface area contributed by atoms with Gasteiger partial charge in [-0.1, -0.05) is 17.0 Å². The molecule has 0 bridgehead atoms. The third kappa shape index (κ3) is 3.91. The molecule has 5 nitrogen and oxygen atoms in total. The molecular weight excluding hydrogens is 275 g/mol. The van der Waals surface area contributed by atoms with Gasteiger partial charge in [0.1, 0.15) is 23.9 Å². The summed E-state index contributed by atoms with van der Waals surface area (Å²) in [6, 6.07) is 5.67. The van der Waals surface area contributed by atoms with Crippen LogP contribution in [0.3, 0.4) is 0 Å². The molecule has 21 heavy (non-hydrogen) atoms. The first-order chi connectivity index (χ1) is 10.1. The molecule has 1 aromatic heterocycles. The molecular formula is C15H13FN2O3. The Kier molecular flexibility index (Phi) is 4.69. The first-order valence-electron chi connectivity index (χ1n) is 6.20. The van der Waals surface area contributed by atoms with E-state index in [0.717, 1.165) is 6.07 Å². The third-order valence-corrected chi connectivity index (χ3v) is 2.64. The molecule has 1 amide bonds. The first-order valence-corrected chi connectivity index (χ1v) is 6.20. The second-order valence-electron chi connectivity index (χ2n) is 4.27. The maximum Gasteiger partial charge on any atom is 0.251 e. The molecule has 0 radical (unpaired) electrons. The first kappa shape index (κ1) is 14.8. The van der Waals surface area contributed by atoms with Gasteiger partial charge in [0.2, 0.25) is 0 Å². The summed E-state index contributed by atoms with van der Waals surface area (Å²) in [5, 5.41) is 14.9. The molecule has 1 heterocycles. The zero-order valence-corrected chi connectivity index (χ0v) is 11.3. The van der Waals surface area contributed by atoms with Gasteiger partial charge in [0, 0.05) is 11.6 Å². The summed E-state index contributed by atoms with van der Waals surface area (Å²) < 4.78 is 18.6. The Morgan fingerprint density at radius 3 is 2.90 bits per heavy atom. The van der Waals surface area contributed by atoms with Crippen LogP contribution in [0.15, 0.2) is 28.8 Å². The average molecular weight is 288 g/mol. The molecule has 2 rings (SSSR count). The molecule has 0 saturated heterocycles. The van der Waals surface area contributed by atoms with Crippen LogP contribution in [-0.4, -0.2) is 22.8 Å². The number of amides is 1. The van der Waals surface area contributed by atoms with E-state index in [9.17, 15) is 9.18 Å². The van der Waals surface area contributed by atoms with Crippen LogP contribution in [0.1, 0.15) is 27.4 Å². The van der Waals surface area contributed by atoms with Crippen molar-refractivity contribution in [3.63, 3.8) is 0 Å². The number of aliphatic hydroxyl groups excluding tert-OH is 1. The van der Waals surface area contributed by atoms with E-state index in [4.69, 9.17) is 9.63 Å². The number of benzene rings is 1. The summed E-state index contributed by atoms with van der Waals surface area (Å²) in [6.07, 6.45) is 0. The van der Waals surface area contributed by atoms with Crippen molar-refractivity contribution in [3.05, 3.63) is 52.7 Å². The lowest BCUT2D eigenvalue weighted by Gasteiger charge is -2.04. The Hall–Kier alpha value is -2.65. The number of carbonyl (C=O) groups excluding carboxylic acids is 1. The maximum atomic E-state index is 13.7. The van der Waals surface area contributed by atoms with Crippen molar-refractivity contribution >= 4 is 5.91 Å². The number of carbonyl (C=O) groups is 1. The number of aryl methyl sites for hydroxylation is 1. The molecule has 1 aromatic carbocycles. The lowest BCUT2D eigenvalue weighted by molar-refractivity contribution is 0.0949. The number of aromatic nitrogens is 1. The van der Waals surface area contributed by atoms with Crippen LogP contribution in [-0.2, 0) is 6.54 Å². The Labute approximate surface area is 120 Å². The summed E-state index contributed by atoms with van der Waals surface area (Å²) in [4.78, 5) is 11.9. The zero-order chi connectivity index (χ0) is 15.2. The highest BCUT2D eigenvalue weighted by molar-refractivity contribution is 5.94. The largest absolute Gasteiger partial charge is 0.384 e. The maximum absolute atomic E-state index is 13.7. The fourth-order valence-corrected chi connectivity index (χ4v) is 1.67. The van der Waals surface area contributed by atoms with Gasteiger partial charge in [0.15, 0.2) is 0 Å². The molecule has 6 heteroatoms. The van der Waals surface area contributed by atoms with Gasteiger partial charge in [-0.25, -0.2) is 4.39 Å². The lowest BCUT2D eigenvalue weighted by atomic mass is 10.1. The van der Waals surface area contributed by atoms with E-state index >= 15 is 0 Å². The Bertz CT molecular complexity index is 713. The van der Waals surface area contributed by atoms with Gasteiger partial charge in [0.05, 0.1) is 12.1 Å².